The van der Waals surface area contributed by atoms with Crippen LogP contribution in [0.1, 0.15) is 45.4 Å². The molecule has 124 valence electrons. The first-order valence-electron chi connectivity index (χ1n) is 8.09. The van der Waals surface area contributed by atoms with E-state index in [-0.39, 0.29) is 12.1 Å². The van der Waals surface area contributed by atoms with Crippen LogP contribution >= 0.6 is 11.8 Å². The summed E-state index contributed by atoms with van der Waals surface area (Å²) in [4.78, 5) is 0. The van der Waals surface area contributed by atoms with Crippen LogP contribution in [0.3, 0.4) is 0 Å². The van der Waals surface area contributed by atoms with Gasteiger partial charge < -0.3 is 5.32 Å². The molecule has 3 unspecified atom stereocenters. The fourth-order valence-corrected chi connectivity index (χ4v) is 5.85. The summed E-state index contributed by atoms with van der Waals surface area (Å²) in [6.07, 6.45) is 8.23. The summed E-state index contributed by atoms with van der Waals surface area (Å²) >= 11 is 1.85. The van der Waals surface area contributed by atoms with Gasteiger partial charge in [0.25, 0.3) is 10.2 Å². The number of rotatable bonds is 7. The normalized spacial score (nSPS) is 31.6. The van der Waals surface area contributed by atoms with Gasteiger partial charge in [-0.3, -0.25) is 0 Å². The minimum absolute atomic E-state index is 0.106. The van der Waals surface area contributed by atoms with Gasteiger partial charge in [0, 0.05) is 30.4 Å². The number of thioether (sulfide) groups is 1. The van der Waals surface area contributed by atoms with Gasteiger partial charge in [-0.15, -0.1) is 0 Å². The van der Waals surface area contributed by atoms with E-state index < -0.39 is 10.2 Å². The zero-order valence-electron chi connectivity index (χ0n) is 13.2. The van der Waals surface area contributed by atoms with E-state index in [4.69, 9.17) is 0 Å². The lowest BCUT2D eigenvalue weighted by atomic mass is 10.1. The topological polar surface area (TPSA) is 61.4 Å². The van der Waals surface area contributed by atoms with Gasteiger partial charge in [0.1, 0.15) is 0 Å². The Balaban J connectivity index is 1.96. The molecule has 1 aliphatic carbocycles. The monoisotopic (exact) mass is 335 g/mol. The molecule has 1 heterocycles. The number of nitrogens with zero attached hydrogens (tertiary/aromatic N) is 1. The Morgan fingerprint density at radius 2 is 2.05 bits per heavy atom. The van der Waals surface area contributed by atoms with Gasteiger partial charge in [-0.2, -0.15) is 29.2 Å². The minimum Gasteiger partial charge on any atom is -0.315 e. The standard InChI is InChI=1S/C14H29N3O2S2/c1-3-15-11-13-6-4-5-9-17(13)21(18,19)16-12-7-8-14(10-12)20-2/h12-16H,3-11H2,1-2H3. The van der Waals surface area contributed by atoms with Crippen LogP contribution in [-0.2, 0) is 10.2 Å². The lowest BCUT2D eigenvalue weighted by molar-refractivity contribution is 0.242. The zero-order chi connectivity index (χ0) is 15.3. The van der Waals surface area contributed by atoms with E-state index in [0.29, 0.717) is 11.8 Å². The third kappa shape index (κ3) is 4.82. The molecule has 2 aliphatic rings. The van der Waals surface area contributed by atoms with Crippen molar-refractivity contribution < 1.29 is 8.42 Å². The Labute approximate surface area is 133 Å². The summed E-state index contributed by atoms with van der Waals surface area (Å²) in [5.41, 5.74) is 0. The second-order valence-corrected chi connectivity index (χ2v) is 8.85. The summed E-state index contributed by atoms with van der Waals surface area (Å²) in [5.74, 6) is 0. The van der Waals surface area contributed by atoms with Crippen LogP contribution in [0, 0.1) is 0 Å². The van der Waals surface area contributed by atoms with Crippen molar-refractivity contribution in [1.29, 1.82) is 0 Å². The Hall–Kier alpha value is 0.180. The van der Waals surface area contributed by atoms with Crippen molar-refractivity contribution >= 4 is 22.0 Å². The Kier molecular flexibility index (Phi) is 6.80. The summed E-state index contributed by atoms with van der Waals surface area (Å²) in [6, 6.07) is 0.225. The van der Waals surface area contributed by atoms with Crippen molar-refractivity contribution in [3.63, 3.8) is 0 Å². The van der Waals surface area contributed by atoms with Crippen molar-refractivity contribution in [3.8, 4) is 0 Å². The number of hydrogen-bond donors (Lipinski definition) is 2. The predicted octanol–water partition coefficient (Wildman–Crippen LogP) is 1.57. The molecule has 5 nitrogen and oxygen atoms in total. The SMILES string of the molecule is CCNCC1CCCCN1S(=O)(=O)NC1CCC(SC)C1. The smallest absolute Gasteiger partial charge is 0.279 e. The van der Waals surface area contributed by atoms with Crippen LogP contribution in [0.25, 0.3) is 0 Å². The van der Waals surface area contributed by atoms with Gasteiger partial charge >= 0.3 is 0 Å². The number of hydrogen-bond acceptors (Lipinski definition) is 4. The van der Waals surface area contributed by atoms with Crippen molar-refractivity contribution in [1.82, 2.24) is 14.3 Å². The molecule has 0 radical (unpaired) electrons. The maximum absolute atomic E-state index is 12.7. The summed E-state index contributed by atoms with van der Waals surface area (Å²) in [7, 11) is -3.34. The molecule has 21 heavy (non-hydrogen) atoms. The molecule has 1 saturated carbocycles. The Morgan fingerprint density at radius 3 is 2.71 bits per heavy atom. The second kappa shape index (κ2) is 8.15. The van der Waals surface area contributed by atoms with E-state index in [1.165, 1.54) is 0 Å². The fraction of sp³-hybridized carbons (Fsp3) is 1.00. The molecule has 0 amide bonds. The van der Waals surface area contributed by atoms with E-state index in [1.807, 2.05) is 11.8 Å². The highest BCUT2D eigenvalue weighted by Crippen LogP contribution is 2.29. The lowest BCUT2D eigenvalue weighted by Gasteiger charge is -2.35. The average molecular weight is 336 g/mol. The van der Waals surface area contributed by atoms with Gasteiger partial charge in [-0.25, -0.2) is 0 Å². The number of nitrogens with one attached hydrogen (secondary N) is 2. The predicted molar refractivity (Wildman–Crippen MR) is 89.9 cm³/mol. The Morgan fingerprint density at radius 1 is 1.24 bits per heavy atom. The molecule has 2 rings (SSSR count). The van der Waals surface area contributed by atoms with Gasteiger partial charge in [0.2, 0.25) is 0 Å². The molecule has 1 aliphatic heterocycles. The van der Waals surface area contributed by atoms with Gasteiger partial charge in [-0.1, -0.05) is 13.3 Å². The molecule has 0 bridgehead atoms. The highest BCUT2D eigenvalue weighted by molar-refractivity contribution is 7.99. The molecule has 2 fully saturated rings. The average Bonchev–Trinajstić information content (AvgIpc) is 2.92. The molecule has 0 spiro atoms. The first-order chi connectivity index (χ1) is 10.1. The van der Waals surface area contributed by atoms with E-state index in [2.05, 4.69) is 23.2 Å². The quantitative estimate of drug-likeness (QED) is 0.741. The van der Waals surface area contributed by atoms with Crippen molar-refractivity contribution in [2.75, 3.05) is 25.9 Å². The first-order valence-corrected chi connectivity index (χ1v) is 10.8. The summed E-state index contributed by atoms with van der Waals surface area (Å²) in [5, 5.41) is 3.90. The molecule has 0 aromatic carbocycles. The van der Waals surface area contributed by atoms with Crippen LogP contribution in [0.5, 0.6) is 0 Å². The number of likely N-dealkylation sites (N-methyl/N-ethyl adjacent to an activating group) is 1. The van der Waals surface area contributed by atoms with Crippen molar-refractivity contribution in [3.05, 3.63) is 0 Å². The highest BCUT2D eigenvalue weighted by Gasteiger charge is 2.35. The third-order valence-electron chi connectivity index (χ3n) is 4.55. The van der Waals surface area contributed by atoms with Crippen LogP contribution in [0.15, 0.2) is 0 Å². The minimum atomic E-state index is -3.34. The van der Waals surface area contributed by atoms with E-state index in [9.17, 15) is 8.42 Å². The second-order valence-electron chi connectivity index (χ2n) is 6.06. The molecule has 0 aromatic heterocycles. The van der Waals surface area contributed by atoms with Crippen LogP contribution < -0.4 is 10.0 Å². The molecule has 7 heteroatoms. The van der Waals surface area contributed by atoms with E-state index >= 15 is 0 Å². The van der Waals surface area contributed by atoms with E-state index in [0.717, 1.165) is 51.6 Å². The maximum Gasteiger partial charge on any atom is 0.279 e. The molecule has 3 atom stereocenters. The van der Waals surface area contributed by atoms with Crippen molar-refractivity contribution in [2.24, 2.45) is 0 Å². The van der Waals surface area contributed by atoms with Gasteiger partial charge in [-0.05, 0) is 44.9 Å². The maximum atomic E-state index is 12.7. The lowest BCUT2D eigenvalue weighted by Crippen LogP contribution is -2.53. The van der Waals surface area contributed by atoms with Crippen LogP contribution in [0.2, 0.25) is 0 Å². The molecular weight excluding hydrogens is 306 g/mol. The number of piperidine rings is 1. The molecule has 1 saturated heterocycles. The van der Waals surface area contributed by atoms with E-state index in [1.54, 1.807) is 4.31 Å². The summed E-state index contributed by atoms with van der Waals surface area (Å²) in [6.45, 7) is 4.36. The largest absolute Gasteiger partial charge is 0.315 e. The van der Waals surface area contributed by atoms with Gasteiger partial charge in [0.05, 0.1) is 0 Å². The summed E-state index contributed by atoms with van der Waals surface area (Å²) < 4.78 is 30.0. The van der Waals surface area contributed by atoms with Gasteiger partial charge in [0.15, 0.2) is 0 Å². The molecular formula is C14H29N3O2S2. The zero-order valence-corrected chi connectivity index (χ0v) is 14.8. The van der Waals surface area contributed by atoms with Crippen molar-refractivity contribution in [2.45, 2.75) is 62.8 Å². The Bertz CT molecular complexity index is 416. The first kappa shape index (κ1) is 17.5. The third-order valence-corrected chi connectivity index (χ3v) is 7.37. The fourth-order valence-electron chi connectivity index (χ4n) is 3.34. The molecule has 0 aromatic rings. The molecule has 2 N–H and O–H groups in total. The highest BCUT2D eigenvalue weighted by atomic mass is 32.2. The van der Waals surface area contributed by atoms with Crippen LogP contribution in [0.4, 0.5) is 0 Å². The van der Waals surface area contributed by atoms with Crippen LogP contribution in [-0.4, -0.2) is 55.9 Å².